The minimum Gasteiger partial charge on any atom is -0.483 e. The Morgan fingerprint density at radius 1 is 0.943 bits per heavy atom. The molecule has 2 amide bonds. The number of nitrogens with one attached hydrogen (secondary N) is 1. The number of halogens is 1. The van der Waals surface area contributed by atoms with Crippen LogP contribution in [0.3, 0.4) is 0 Å². The summed E-state index contributed by atoms with van der Waals surface area (Å²) in [5.74, 6) is -0.305. The fourth-order valence-corrected chi connectivity index (χ4v) is 3.90. The van der Waals surface area contributed by atoms with E-state index in [0.717, 1.165) is 22.3 Å². The molecule has 0 aliphatic heterocycles. The molecular formula is C29H33FN2O3. The van der Waals surface area contributed by atoms with E-state index in [1.54, 1.807) is 12.1 Å². The van der Waals surface area contributed by atoms with Crippen molar-refractivity contribution in [1.82, 2.24) is 10.2 Å². The molecule has 0 aromatic heterocycles. The maximum atomic E-state index is 13.5. The number of hydrogen-bond donors (Lipinski definition) is 1. The molecule has 184 valence electrons. The molecule has 0 heterocycles. The van der Waals surface area contributed by atoms with Crippen molar-refractivity contribution >= 4 is 11.8 Å². The molecule has 6 heteroatoms. The average Bonchev–Trinajstić information content (AvgIpc) is 2.82. The van der Waals surface area contributed by atoms with Crippen molar-refractivity contribution in [2.24, 2.45) is 0 Å². The molecule has 1 atom stereocenters. The first kappa shape index (κ1) is 25.9. The molecule has 0 aliphatic rings. The van der Waals surface area contributed by atoms with Crippen molar-refractivity contribution in [3.63, 3.8) is 0 Å². The Morgan fingerprint density at radius 3 is 2.26 bits per heavy atom. The topological polar surface area (TPSA) is 58.6 Å². The zero-order chi connectivity index (χ0) is 25.4. The lowest BCUT2D eigenvalue weighted by molar-refractivity contribution is -0.143. The fourth-order valence-electron chi connectivity index (χ4n) is 3.90. The summed E-state index contributed by atoms with van der Waals surface area (Å²) < 4.78 is 19.4. The maximum Gasteiger partial charge on any atom is 0.261 e. The lowest BCUT2D eigenvalue weighted by atomic mass is 10.0. The van der Waals surface area contributed by atoms with Crippen LogP contribution in [0.4, 0.5) is 4.39 Å². The first-order valence-corrected chi connectivity index (χ1v) is 11.8. The van der Waals surface area contributed by atoms with Crippen LogP contribution in [0.2, 0.25) is 0 Å². The van der Waals surface area contributed by atoms with E-state index in [2.05, 4.69) is 5.32 Å². The molecule has 3 rings (SSSR count). The van der Waals surface area contributed by atoms with Gasteiger partial charge in [0.1, 0.15) is 17.6 Å². The highest BCUT2D eigenvalue weighted by Crippen LogP contribution is 2.20. The summed E-state index contributed by atoms with van der Waals surface area (Å²) in [6.07, 6.45) is 0.343. The zero-order valence-corrected chi connectivity index (χ0v) is 20.8. The van der Waals surface area contributed by atoms with Gasteiger partial charge in [-0.15, -0.1) is 0 Å². The van der Waals surface area contributed by atoms with Gasteiger partial charge in [-0.1, -0.05) is 60.2 Å². The van der Waals surface area contributed by atoms with Crippen LogP contribution in [0, 0.1) is 19.7 Å². The quantitative estimate of drug-likeness (QED) is 0.449. The number of carbonyl (C=O) groups is 2. The molecule has 0 unspecified atom stereocenters. The third kappa shape index (κ3) is 7.67. The zero-order valence-electron chi connectivity index (χ0n) is 20.8. The minimum atomic E-state index is -0.764. The van der Waals surface area contributed by atoms with Gasteiger partial charge in [-0.3, -0.25) is 9.59 Å². The molecule has 0 radical (unpaired) electrons. The van der Waals surface area contributed by atoms with Gasteiger partial charge in [-0.25, -0.2) is 4.39 Å². The second-order valence-corrected chi connectivity index (χ2v) is 9.07. The number of benzene rings is 3. The van der Waals surface area contributed by atoms with Crippen molar-refractivity contribution in [3.8, 4) is 5.75 Å². The lowest BCUT2D eigenvalue weighted by Crippen LogP contribution is -2.52. The molecule has 5 nitrogen and oxygen atoms in total. The Morgan fingerprint density at radius 2 is 1.63 bits per heavy atom. The Bertz CT molecular complexity index is 1130. The van der Waals surface area contributed by atoms with Crippen LogP contribution in [0.15, 0.2) is 72.8 Å². The molecule has 3 aromatic rings. The lowest BCUT2D eigenvalue weighted by Gasteiger charge is -2.32. The highest BCUT2D eigenvalue weighted by molar-refractivity contribution is 5.88. The second-order valence-electron chi connectivity index (χ2n) is 9.07. The van der Waals surface area contributed by atoms with Crippen LogP contribution < -0.4 is 10.1 Å². The van der Waals surface area contributed by atoms with E-state index in [1.165, 1.54) is 17.0 Å². The molecular weight excluding hydrogens is 443 g/mol. The number of hydrogen-bond acceptors (Lipinski definition) is 3. The second kappa shape index (κ2) is 12.2. The molecule has 0 bridgehead atoms. The molecule has 0 saturated heterocycles. The molecule has 0 aliphatic carbocycles. The van der Waals surface area contributed by atoms with Gasteiger partial charge in [0.05, 0.1) is 0 Å². The third-order valence-electron chi connectivity index (χ3n) is 5.65. The monoisotopic (exact) mass is 476 g/mol. The Labute approximate surface area is 206 Å². The summed E-state index contributed by atoms with van der Waals surface area (Å²) in [5.41, 5.74) is 3.69. The number of ether oxygens (including phenoxy) is 1. The van der Waals surface area contributed by atoms with Crippen molar-refractivity contribution in [3.05, 3.63) is 101 Å². The minimum absolute atomic E-state index is 0.0880. The van der Waals surface area contributed by atoms with E-state index in [0.29, 0.717) is 12.2 Å². The standard InChI is InChI=1S/C29H33FN2O3/c1-20(2)31-29(34)26(17-23-8-6-5-7-9-23)32(18-24-11-13-25(30)14-12-24)28(33)19-35-27-15-10-21(3)16-22(27)4/h5-16,20,26H,17-19H2,1-4H3,(H,31,34)/t26-/m1/s1. The number of aryl methyl sites for hydroxylation is 2. The number of rotatable bonds is 10. The largest absolute Gasteiger partial charge is 0.483 e. The van der Waals surface area contributed by atoms with Gasteiger partial charge in [-0.05, 0) is 62.6 Å². The van der Waals surface area contributed by atoms with E-state index < -0.39 is 6.04 Å². The summed E-state index contributed by atoms with van der Waals surface area (Å²) in [6, 6.07) is 20.4. The van der Waals surface area contributed by atoms with Gasteiger partial charge < -0.3 is 15.0 Å². The van der Waals surface area contributed by atoms with Crippen molar-refractivity contribution in [2.45, 2.75) is 52.7 Å². The maximum absolute atomic E-state index is 13.5. The number of nitrogens with zero attached hydrogens (tertiary/aromatic N) is 1. The Kier molecular flexibility index (Phi) is 9.01. The predicted octanol–water partition coefficient (Wildman–Crippen LogP) is 4.99. The van der Waals surface area contributed by atoms with Crippen LogP contribution >= 0.6 is 0 Å². The van der Waals surface area contributed by atoms with Crippen molar-refractivity contribution < 1.29 is 18.7 Å². The van der Waals surface area contributed by atoms with Crippen LogP contribution in [-0.2, 0) is 22.6 Å². The number of carbonyl (C=O) groups excluding carboxylic acids is 2. The van der Waals surface area contributed by atoms with Crippen LogP contribution in [0.5, 0.6) is 5.75 Å². The molecule has 1 N–H and O–H groups in total. The molecule has 3 aromatic carbocycles. The van der Waals surface area contributed by atoms with Crippen molar-refractivity contribution in [2.75, 3.05) is 6.61 Å². The van der Waals surface area contributed by atoms with E-state index >= 15 is 0 Å². The van der Waals surface area contributed by atoms with E-state index in [1.807, 2.05) is 76.2 Å². The summed E-state index contributed by atoms with van der Waals surface area (Å²) in [6.45, 7) is 7.62. The molecule has 0 saturated carbocycles. The van der Waals surface area contributed by atoms with E-state index in [4.69, 9.17) is 4.74 Å². The Balaban J connectivity index is 1.91. The average molecular weight is 477 g/mol. The first-order chi connectivity index (χ1) is 16.7. The first-order valence-electron chi connectivity index (χ1n) is 11.8. The summed E-state index contributed by atoms with van der Waals surface area (Å²) in [4.78, 5) is 28.4. The van der Waals surface area contributed by atoms with Gasteiger partial charge in [0.2, 0.25) is 5.91 Å². The van der Waals surface area contributed by atoms with Crippen LogP contribution in [-0.4, -0.2) is 35.4 Å². The fraction of sp³-hybridized carbons (Fsp3) is 0.310. The SMILES string of the molecule is Cc1ccc(OCC(=O)N(Cc2ccc(F)cc2)[C@H](Cc2ccccc2)C(=O)NC(C)C)c(C)c1. The highest BCUT2D eigenvalue weighted by Gasteiger charge is 2.31. The van der Waals surface area contributed by atoms with Gasteiger partial charge in [0.25, 0.3) is 5.91 Å². The normalized spacial score (nSPS) is 11.7. The molecule has 0 spiro atoms. The summed E-state index contributed by atoms with van der Waals surface area (Å²) in [5, 5.41) is 2.95. The number of amides is 2. The predicted molar refractivity (Wildman–Crippen MR) is 136 cm³/mol. The van der Waals surface area contributed by atoms with Gasteiger partial charge in [-0.2, -0.15) is 0 Å². The van der Waals surface area contributed by atoms with Crippen LogP contribution in [0.25, 0.3) is 0 Å². The van der Waals surface area contributed by atoms with Gasteiger partial charge >= 0.3 is 0 Å². The summed E-state index contributed by atoms with van der Waals surface area (Å²) in [7, 11) is 0. The van der Waals surface area contributed by atoms with Crippen LogP contribution in [0.1, 0.15) is 36.1 Å². The Hall–Kier alpha value is -3.67. The van der Waals surface area contributed by atoms with Gasteiger partial charge in [0.15, 0.2) is 6.61 Å². The smallest absolute Gasteiger partial charge is 0.261 e. The van der Waals surface area contributed by atoms with E-state index in [-0.39, 0.29) is 36.8 Å². The third-order valence-corrected chi connectivity index (χ3v) is 5.65. The van der Waals surface area contributed by atoms with E-state index in [9.17, 15) is 14.0 Å². The van der Waals surface area contributed by atoms with Gasteiger partial charge in [0, 0.05) is 19.0 Å². The molecule has 35 heavy (non-hydrogen) atoms. The highest BCUT2D eigenvalue weighted by atomic mass is 19.1. The molecule has 0 fully saturated rings. The van der Waals surface area contributed by atoms with Crippen molar-refractivity contribution in [1.29, 1.82) is 0 Å². The summed E-state index contributed by atoms with van der Waals surface area (Å²) >= 11 is 0.